The highest BCUT2D eigenvalue weighted by atomic mass is 16.5. The summed E-state index contributed by atoms with van der Waals surface area (Å²) in [6, 6.07) is 54.7. The van der Waals surface area contributed by atoms with E-state index in [9.17, 15) is 0 Å². The molecule has 254 valence electrons. The highest BCUT2D eigenvalue weighted by Crippen LogP contribution is 2.17. The van der Waals surface area contributed by atoms with Gasteiger partial charge in [0.15, 0.2) is 0 Å². The summed E-state index contributed by atoms with van der Waals surface area (Å²) >= 11 is 0. The minimum Gasteiger partial charge on any atom is -0.375 e. The number of ether oxygens (including phenoxy) is 1. The van der Waals surface area contributed by atoms with Crippen molar-refractivity contribution >= 4 is 0 Å². The van der Waals surface area contributed by atoms with Crippen molar-refractivity contribution in [1.29, 1.82) is 0 Å². The van der Waals surface area contributed by atoms with Gasteiger partial charge in [0.2, 0.25) is 0 Å². The number of hydrogen-bond donors (Lipinski definition) is 0. The van der Waals surface area contributed by atoms with Crippen molar-refractivity contribution in [3.63, 3.8) is 0 Å². The van der Waals surface area contributed by atoms with E-state index in [2.05, 4.69) is 171 Å². The Balaban J connectivity index is 1.29. The van der Waals surface area contributed by atoms with Crippen LogP contribution < -0.4 is 0 Å². The van der Waals surface area contributed by atoms with Crippen molar-refractivity contribution in [3.8, 4) is 0 Å². The first-order valence-corrected chi connectivity index (χ1v) is 18.0. The molecule has 1 fully saturated rings. The van der Waals surface area contributed by atoms with Crippen LogP contribution in [0.3, 0.4) is 0 Å². The number of hydrogen-bond acceptors (Lipinski definition) is 5. The molecule has 0 aliphatic carbocycles. The van der Waals surface area contributed by atoms with Gasteiger partial charge in [0.25, 0.3) is 0 Å². The van der Waals surface area contributed by atoms with Crippen molar-refractivity contribution in [2.75, 3.05) is 52.4 Å². The Hall–Kier alpha value is -4.10. The Morgan fingerprint density at radius 2 is 0.735 bits per heavy atom. The minimum absolute atomic E-state index is 0.230. The Labute approximate surface area is 294 Å². The van der Waals surface area contributed by atoms with Crippen LogP contribution in [0.4, 0.5) is 0 Å². The van der Waals surface area contributed by atoms with E-state index in [1.54, 1.807) is 0 Å². The van der Waals surface area contributed by atoms with Crippen LogP contribution in [0.2, 0.25) is 0 Å². The lowest BCUT2D eigenvalue weighted by atomic mass is 10.1. The molecule has 1 heterocycles. The van der Waals surface area contributed by atoms with Crippen LogP contribution in [0.1, 0.15) is 27.8 Å². The summed E-state index contributed by atoms with van der Waals surface area (Å²) in [4.78, 5) is 10.7. The lowest BCUT2D eigenvalue weighted by molar-refractivity contribution is 0.0182. The second-order valence-electron chi connectivity index (χ2n) is 13.4. The van der Waals surface area contributed by atoms with Crippen molar-refractivity contribution in [2.24, 2.45) is 0 Å². The van der Waals surface area contributed by atoms with Crippen LogP contribution in [-0.4, -0.2) is 78.1 Å². The third kappa shape index (κ3) is 11.8. The van der Waals surface area contributed by atoms with E-state index in [0.29, 0.717) is 13.2 Å². The van der Waals surface area contributed by atoms with E-state index < -0.39 is 0 Å². The normalized spacial score (nSPS) is 17.7. The molecule has 0 spiro atoms. The van der Waals surface area contributed by atoms with Gasteiger partial charge in [0.05, 0.1) is 13.2 Å². The van der Waals surface area contributed by atoms with Crippen LogP contribution in [0.5, 0.6) is 0 Å². The van der Waals surface area contributed by atoms with E-state index in [1.807, 2.05) is 0 Å². The molecule has 1 atom stereocenters. The molecule has 1 aliphatic rings. The zero-order valence-electron chi connectivity index (χ0n) is 28.9. The Morgan fingerprint density at radius 1 is 0.388 bits per heavy atom. The second-order valence-corrected chi connectivity index (χ2v) is 13.4. The topological polar surface area (TPSA) is 22.2 Å². The highest BCUT2D eigenvalue weighted by Gasteiger charge is 2.25. The zero-order chi connectivity index (χ0) is 33.4. The van der Waals surface area contributed by atoms with Crippen LogP contribution in [0.25, 0.3) is 0 Å². The fourth-order valence-corrected chi connectivity index (χ4v) is 6.80. The fourth-order valence-electron chi connectivity index (χ4n) is 6.80. The average Bonchev–Trinajstić information content (AvgIpc) is 3.15. The number of rotatable bonds is 12. The van der Waals surface area contributed by atoms with Crippen molar-refractivity contribution < 1.29 is 4.74 Å². The quantitative estimate of drug-likeness (QED) is 0.138. The van der Waals surface area contributed by atoms with Gasteiger partial charge >= 0.3 is 0 Å². The molecule has 0 amide bonds. The molecular formula is C44H52N4O. The summed E-state index contributed by atoms with van der Waals surface area (Å²) in [5.74, 6) is 0. The summed E-state index contributed by atoms with van der Waals surface area (Å²) in [6.45, 7) is 12.0. The van der Waals surface area contributed by atoms with Crippen molar-refractivity contribution in [3.05, 3.63) is 179 Å². The van der Waals surface area contributed by atoms with E-state index in [0.717, 1.165) is 72.0 Å². The van der Waals surface area contributed by atoms with Crippen LogP contribution in [0.15, 0.2) is 152 Å². The first kappa shape index (κ1) is 34.8. The fraction of sp³-hybridized carbons (Fsp3) is 0.318. The van der Waals surface area contributed by atoms with Gasteiger partial charge in [-0.1, -0.05) is 152 Å². The summed E-state index contributed by atoms with van der Waals surface area (Å²) < 4.78 is 6.58. The van der Waals surface area contributed by atoms with E-state index in [-0.39, 0.29) is 6.04 Å². The molecule has 5 nitrogen and oxygen atoms in total. The summed E-state index contributed by atoms with van der Waals surface area (Å²) in [5.41, 5.74) is 6.67. The van der Waals surface area contributed by atoms with Gasteiger partial charge in [-0.25, -0.2) is 0 Å². The van der Waals surface area contributed by atoms with Gasteiger partial charge in [-0.05, 0) is 27.8 Å². The lowest BCUT2D eigenvalue weighted by Crippen LogP contribution is -2.51. The SMILES string of the molecule is c1ccc(COCC2CN(Cc3ccccc3)CCN(Cc3ccccc3)CCN(Cc3ccccc3)CCN2Cc2ccccc2)cc1. The molecule has 0 radical (unpaired) electrons. The van der Waals surface area contributed by atoms with Gasteiger partial charge in [-0.2, -0.15) is 0 Å². The maximum atomic E-state index is 6.58. The van der Waals surface area contributed by atoms with Gasteiger partial charge in [0.1, 0.15) is 0 Å². The molecule has 0 N–H and O–H groups in total. The third-order valence-corrected chi connectivity index (χ3v) is 9.55. The molecule has 0 bridgehead atoms. The van der Waals surface area contributed by atoms with Crippen molar-refractivity contribution in [1.82, 2.24) is 19.6 Å². The van der Waals surface area contributed by atoms with Gasteiger partial charge < -0.3 is 4.74 Å². The predicted octanol–water partition coefficient (Wildman–Crippen LogP) is 7.59. The van der Waals surface area contributed by atoms with E-state index in [4.69, 9.17) is 4.74 Å². The maximum absolute atomic E-state index is 6.58. The van der Waals surface area contributed by atoms with Crippen molar-refractivity contribution in [2.45, 2.75) is 38.8 Å². The maximum Gasteiger partial charge on any atom is 0.0717 e. The smallest absolute Gasteiger partial charge is 0.0717 e. The zero-order valence-corrected chi connectivity index (χ0v) is 28.9. The molecule has 0 aromatic heterocycles. The average molecular weight is 653 g/mol. The first-order chi connectivity index (χ1) is 24.3. The Kier molecular flexibility index (Phi) is 13.6. The molecule has 5 aromatic rings. The van der Waals surface area contributed by atoms with Gasteiger partial charge in [0, 0.05) is 78.0 Å². The second kappa shape index (κ2) is 19.2. The molecule has 6 rings (SSSR count). The summed E-state index contributed by atoms with van der Waals surface area (Å²) in [6.07, 6.45) is 0. The molecule has 49 heavy (non-hydrogen) atoms. The molecule has 1 aliphatic heterocycles. The van der Waals surface area contributed by atoms with Crippen LogP contribution in [-0.2, 0) is 37.5 Å². The van der Waals surface area contributed by atoms with E-state index >= 15 is 0 Å². The van der Waals surface area contributed by atoms with Gasteiger partial charge in [-0.15, -0.1) is 0 Å². The summed E-state index contributed by atoms with van der Waals surface area (Å²) in [7, 11) is 0. The number of nitrogens with zero attached hydrogens (tertiary/aromatic N) is 4. The van der Waals surface area contributed by atoms with Crippen LogP contribution in [0, 0.1) is 0 Å². The summed E-state index contributed by atoms with van der Waals surface area (Å²) in [5, 5.41) is 0. The Bertz CT molecular complexity index is 1590. The molecule has 1 unspecified atom stereocenters. The lowest BCUT2D eigenvalue weighted by Gasteiger charge is -2.39. The standard InChI is InChI=1S/C44H52N4O/c1-6-16-39(17-7-1)32-45-26-27-46(33-40-18-8-2-9-19-40)30-31-48(35-42-22-12-4-13-23-42)44(38-49-37-43-24-14-5-15-25-43)36-47(29-28-45)34-41-20-10-3-11-21-41/h1-25,44H,26-38H2. The Morgan fingerprint density at radius 3 is 1.18 bits per heavy atom. The third-order valence-electron chi connectivity index (χ3n) is 9.55. The predicted molar refractivity (Wildman–Crippen MR) is 202 cm³/mol. The molecule has 5 heteroatoms. The monoisotopic (exact) mass is 652 g/mol. The molecular weight excluding hydrogens is 601 g/mol. The van der Waals surface area contributed by atoms with Gasteiger partial charge in [-0.3, -0.25) is 19.6 Å². The number of benzene rings is 5. The molecule has 1 saturated heterocycles. The van der Waals surface area contributed by atoms with E-state index in [1.165, 1.54) is 27.8 Å². The minimum atomic E-state index is 0.230. The molecule has 5 aromatic carbocycles. The van der Waals surface area contributed by atoms with Crippen LogP contribution >= 0.6 is 0 Å². The largest absolute Gasteiger partial charge is 0.375 e. The first-order valence-electron chi connectivity index (χ1n) is 18.0. The highest BCUT2D eigenvalue weighted by molar-refractivity contribution is 5.18. The molecule has 0 saturated carbocycles.